The van der Waals surface area contributed by atoms with Gasteiger partial charge in [-0.05, 0) is 37.0 Å². The van der Waals surface area contributed by atoms with Crippen LogP contribution in [0.2, 0.25) is 0 Å². The van der Waals surface area contributed by atoms with E-state index in [2.05, 4.69) is 6.58 Å². The first kappa shape index (κ1) is 13.0. The maximum absolute atomic E-state index is 12.2. The number of hydrogen-bond acceptors (Lipinski definition) is 4. The Hall–Kier alpha value is -0.970. The molecule has 0 aromatic rings. The van der Waals surface area contributed by atoms with Gasteiger partial charge in [-0.2, -0.15) is 0 Å². The molecule has 0 amide bonds. The highest BCUT2D eigenvalue weighted by molar-refractivity contribution is 6.00. The zero-order chi connectivity index (χ0) is 14.0. The van der Waals surface area contributed by atoms with Gasteiger partial charge in [0, 0.05) is 5.41 Å². The molecule has 0 radical (unpaired) electrons. The van der Waals surface area contributed by atoms with Gasteiger partial charge >= 0.3 is 0 Å². The lowest BCUT2D eigenvalue weighted by Gasteiger charge is -2.56. The summed E-state index contributed by atoms with van der Waals surface area (Å²) in [4.78, 5) is 12.2. The van der Waals surface area contributed by atoms with Crippen molar-refractivity contribution < 1.29 is 19.7 Å². The highest BCUT2D eigenvalue weighted by Crippen LogP contribution is 2.63. The fourth-order valence-electron chi connectivity index (χ4n) is 4.16. The summed E-state index contributed by atoms with van der Waals surface area (Å²) in [6, 6.07) is 0. The van der Waals surface area contributed by atoms with Crippen molar-refractivity contribution in [1.29, 1.82) is 0 Å². The Kier molecular flexibility index (Phi) is 2.59. The normalized spacial score (nSPS) is 49.1. The number of ketones is 1. The summed E-state index contributed by atoms with van der Waals surface area (Å²) in [5.41, 5.74) is -0.0374. The number of aliphatic hydroxyl groups is 2. The molecule has 1 aliphatic heterocycles. The first-order valence-corrected chi connectivity index (χ1v) is 6.75. The minimum absolute atomic E-state index is 0.0286. The standard InChI is InChI=1S/C15H20O4/c1-8-6-11-15(7-16,13(18)12(8)17)14(3)5-4-10(19-11)9(14)2/h6,10-11,13,16,18H,2,4-5,7H2,1,3H3/t10-,11-,13-,14+,15-/m1/s1. The predicted octanol–water partition coefficient (Wildman–Crippen LogP) is 0.979. The Bertz CT molecular complexity index is 494. The van der Waals surface area contributed by atoms with E-state index in [1.54, 1.807) is 13.0 Å². The molecule has 4 nitrogen and oxygen atoms in total. The summed E-state index contributed by atoms with van der Waals surface area (Å²) in [6.45, 7) is 7.49. The fourth-order valence-corrected chi connectivity index (χ4v) is 4.16. The number of aliphatic hydroxyl groups excluding tert-OH is 2. The van der Waals surface area contributed by atoms with Crippen LogP contribution in [-0.4, -0.2) is 40.9 Å². The van der Waals surface area contributed by atoms with Crippen molar-refractivity contribution >= 4 is 5.78 Å². The molecule has 104 valence electrons. The van der Waals surface area contributed by atoms with Crippen molar-refractivity contribution in [2.24, 2.45) is 10.8 Å². The molecular formula is C15H20O4. The molecule has 19 heavy (non-hydrogen) atoms. The van der Waals surface area contributed by atoms with E-state index < -0.39 is 23.0 Å². The Labute approximate surface area is 112 Å². The molecule has 0 unspecified atom stereocenters. The molecule has 1 heterocycles. The number of Topliss-reactive ketones (excluding diaryl/α,β-unsaturated/α-hetero) is 1. The molecule has 3 rings (SSSR count). The summed E-state index contributed by atoms with van der Waals surface area (Å²) in [5.74, 6) is -0.312. The molecule has 2 aliphatic carbocycles. The molecule has 0 spiro atoms. The van der Waals surface area contributed by atoms with Gasteiger partial charge in [0.2, 0.25) is 0 Å². The topological polar surface area (TPSA) is 66.8 Å². The molecule has 2 bridgehead atoms. The molecule has 3 aliphatic rings. The smallest absolute Gasteiger partial charge is 0.187 e. The highest BCUT2D eigenvalue weighted by atomic mass is 16.5. The number of carbonyl (C=O) groups excluding carboxylic acids is 1. The monoisotopic (exact) mass is 264 g/mol. The van der Waals surface area contributed by atoms with Gasteiger partial charge in [0.15, 0.2) is 5.78 Å². The van der Waals surface area contributed by atoms with Crippen LogP contribution >= 0.6 is 0 Å². The molecule has 2 fully saturated rings. The molecule has 5 atom stereocenters. The van der Waals surface area contributed by atoms with Gasteiger partial charge in [-0.3, -0.25) is 4.79 Å². The van der Waals surface area contributed by atoms with Crippen LogP contribution in [0.3, 0.4) is 0 Å². The predicted molar refractivity (Wildman–Crippen MR) is 69.4 cm³/mol. The van der Waals surface area contributed by atoms with Crippen LogP contribution in [0.4, 0.5) is 0 Å². The SMILES string of the molecule is C=C1[C@H]2CC[C@]1(C)[C@@]1(CO)[C@H](O)C(=O)C(C)=C[C@H]1O2. The fraction of sp³-hybridized carbons (Fsp3) is 0.667. The van der Waals surface area contributed by atoms with Gasteiger partial charge in [0.05, 0.1) is 24.2 Å². The van der Waals surface area contributed by atoms with Crippen molar-refractivity contribution in [3.63, 3.8) is 0 Å². The Morgan fingerprint density at radius 1 is 1.58 bits per heavy atom. The maximum Gasteiger partial charge on any atom is 0.187 e. The second-order valence-electron chi connectivity index (χ2n) is 6.26. The molecule has 0 aromatic heterocycles. The summed E-state index contributed by atoms with van der Waals surface area (Å²) >= 11 is 0. The number of fused-ring (bicyclic) bond motifs is 4. The second-order valence-corrected chi connectivity index (χ2v) is 6.26. The van der Waals surface area contributed by atoms with Crippen LogP contribution in [0.15, 0.2) is 23.8 Å². The number of rotatable bonds is 1. The van der Waals surface area contributed by atoms with E-state index >= 15 is 0 Å². The van der Waals surface area contributed by atoms with Gasteiger partial charge in [0.1, 0.15) is 6.10 Å². The van der Waals surface area contributed by atoms with Gasteiger partial charge in [0.25, 0.3) is 0 Å². The summed E-state index contributed by atoms with van der Waals surface area (Å²) in [7, 11) is 0. The number of carbonyl (C=O) groups is 1. The maximum atomic E-state index is 12.2. The summed E-state index contributed by atoms with van der Waals surface area (Å²) in [6.07, 6.45) is 1.70. The third-order valence-corrected chi connectivity index (χ3v) is 5.64. The molecular weight excluding hydrogens is 244 g/mol. The molecule has 0 aromatic carbocycles. The van der Waals surface area contributed by atoms with Crippen molar-refractivity contribution in [3.8, 4) is 0 Å². The minimum atomic E-state index is -1.23. The van der Waals surface area contributed by atoms with E-state index in [1.165, 1.54) is 0 Å². The van der Waals surface area contributed by atoms with Gasteiger partial charge < -0.3 is 14.9 Å². The molecule has 1 saturated carbocycles. The molecule has 1 saturated heterocycles. The van der Waals surface area contributed by atoms with Crippen LogP contribution < -0.4 is 0 Å². The van der Waals surface area contributed by atoms with E-state index in [1.807, 2.05) is 6.92 Å². The van der Waals surface area contributed by atoms with Gasteiger partial charge in [-0.15, -0.1) is 0 Å². The molecule has 2 N–H and O–H groups in total. The second kappa shape index (κ2) is 3.78. The van der Waals surface area contributed by atoms with Crippen molar-refractivity contribution in [2.45, 2.75) is 45.0 Å². The third kappa shape index (κ3) is 1.27. The quantitative estimate of drug-likeness (QED) is 0.693. The van der Waals surface area contributed by atoms with Crippen LogP contribution in [0.1, 0.15) is 26.7 Å². The lowest BCUT2D eigenvalue weighted by molar-refractivity contribution is -0.190. The number of hydrogen-bond donors (Lipinski definition) is 2. The van der Waals surface area contributed by atoms with E-state index in [-0.39, 0.29) is 18.5 Å². The third-order valence-electron chi connectivity index (χ3n) is 5.64. The average Bonchev–Trinajstić information content (AvgIpc) is 2.59. The van der Waals surface area contributed by atoms with Crippen molar-refractivity contribution in [3.05, 3.63) is 23.8 Å². The minimum Gasteiger partial charge on any atom is -0.396 e. The van der Waals surface area contributed by atoms with E-state index in [4.69, 9.17) is 4.74 Å². The molecule has 4 heteroatoms. The Morgan fingerprint density at radius 3 is 2.89 bits per heavy atom. The first-order valence-electron chi connectivity index (χ1n) is 6.75. The lowest BCUT2D eigenvalue weighted by Crippen LogP contribution is -2.65. The largest absolute Gasteiger partial charge is 0.396 e. The zero-order valence-electron chi connectivity index (χ0n) is 11.3. The summed E-state index contributed by atoms with van der Waals surface area (Å²) < 4.78 is 5.99. The van der Waals surface area contributed by atoms with E-state index in [0.717, 1.165) is 18.4 Å². The van der Waals surface area contributed by atoms with E-state index in [9.17, 15) is 15.0 Å². The Morgan fingerprint density at radius 2 is 2.26 bits per heavy atom. The Balaban J connectivity index is 2.22. The van der Waals surface area contributed by atoms with Crippen molar-refractivity contribution in [1.82, 2.24) is 0 Å². The van der Waals surface area contributed by atoms with Crippen LogP contribution in [-0.2, 0) is 9.53 Å². The summed E-state index contributed by atoms with van der Waals surface area (Å²) in [5, 5.41) is 20.5. The van der Waals surface area contributed by atoms with Crippen LogP contribution in [0.5, 0.6) is 0 Å². The first-order chi connectivity index (χ1) is 8.88. The van der Waals surface area contributed by atoms with Gasteiger partial charge in [-0.25, -0.2) is 0 Å². The number of ether oxygens (including phenoxy) is 1. The van der Waals surface area contributed by atoms with Crippen LogP contribution in [0, 0.1) is 10.8 Å². The van der Waals surface area contributed by atoms with E-state index in [0.29, 0.717) is 5.57 Å². The van der Waals surface area contributed by atoms with Crippen molar-refractivity contribution in [2.75, 3.05) is 6.61 Å². The van der Waals surface area contributed by atoms with Gasteiger partial charge in [-0.1, -0.05) is 13.5 Å². The lowest BCUT2D eigenvalue weighted by atomic mass is 9.53. The average molecular weight is 264 g/mol. The highest BCUT2D eigenvalue weighted by Gasteiger charge is 2.67. The van der Waals surface area contributed by atoms with Crippen LogP contribution in [0.25, 0.3) is 0 Å². The zero-order valence-corrected chi connectivity index (χ0v) is 11.3.